The smallest absolute Gasteiger partial charge is 0.146 e. The zero-order chi connectivity index (χ0) is 10.7. The van der Waals surface area contributed by atoms with Crippen molar-refractivity contribution in [1.82, 2.24) is 9.97 Å². The minimum absolute atomic E-state index is 0.870. The Morgan fingerprint density at radius 1 is 0.933 bits per heavy atom. The van der Waals surface area contributed by atoms with Gasteiger partial charge in [0.1, 0.15) is 5.82 Å². The molecule has 1 heterocycles. The summed E-state index contributed by atoms with van der Waals surface area (Å²) in [5, 5.41) is 0. The highest BCUT2D eigenvalue weighted by Crippen LogP contribution is 2.16. The van der Waals surface area contributed by atoms with Crippen molar-refractivity contribution < 1.29 is 0 Å². The van der Waals surface area contributed by atoms with Gasteiger partial charge < -0.3 is 4.90 Å². The lowest BCUT2D eigenvalue weighted by Crippen LogP contribution is -2.10. The van der Waals surface area contributed by atoms with Gasteiger partial charge in [-0.3, -0.25) is 4.98 Å². The van der Waals surface area contributed by atoms with Crippen molar-refractivity contribution in [3.05, 3.63) is 42.7 Å². The molecule has 0 spiro atoms. The van der Waals surface area contributed by atoms with Gasteiger partial charge in [-0.05, 0) is 0 Å². The van der Waals surface area contributed by atoms with E-state index in [0.717, 1.165) is 17.1 Å². The third kappa shape index (κ3) is 2.13. The van der Waals surface area contributed by atoms with E-state index in [4.69, 9.17) is 0 Å². The van der Waals surface area contributed by atoms with Crippen molar-refractivity contribution in [2.24, 2.45) is 0 Å². The summed E-state index contributed by atoms with van der Waals surface area (Å²) < 4.78 is 0. The minimum atomic E-state index is 0.870. The van der Waals surface area contributed by atoms with E-state index >= 15 is 0 Å². The topological polar surface area (TPSA) is 29.0 Å². The molecule has 1 aromatic carbocycles. The van der Waals surface area contributed by atoms with Gasteiger partial charge in [-0.25, -0.2) is 4.98 Å². The Labute approximate surface area is 89.4 Å². The Morgan fingerprint density at radius 2 is 1.67 bits per heavy atom. The first kappa shape index (κ1) is 9.65. The highest BCUT2D eigenvalue weighted by Gasteiger charge is 2.00. The molecule has 0 unspecified atom stereocenters. The maximum Gasteiger partial charge on any atom is 0.146 e. The first-order valence-corrected chi connectivity index (χ1v) is 4.82. The van der Waals surface area contributed by atoms with Crippen LogP contribution in [-0.4, -0.2) is 24.1 Å². The Balaban J connectivity index is 2.32. The largest absolute Gasteiger partial charge is 0.361 e. The minimum Gasteiger partial charge on any atom is -0.361 e. The molecule has 2 aromatic rings. The molecule has 0 atom stereocenters. The Hall–Kier alpha value is -1.90. The van der Waals surface area contributed by atoms with Gasteiger partial charge in [0.25, 0.3) is 0 Å². The number of hydrogen-bond acceptors (Lipinski definition) is 3. The van der Waals surface area contributed by atoms with Crippen LogP contribution in [0.5, 0.6) is 0 Å². The van der Waals surface area contributed by atoms with Gasteiger partial charge in [0.05, 0.1) is 18.1 Å². The molecule has 0 saturated carbocycles. The van der Waals surface area contributed by atoms with Crippen LogP contribution in [-0.2, 0) is 0 Å². The second kappa shape index (κ2) is 4.09. The summed E-state index contributed by atoms with van der Waals surface area (Å²) in [6.07, 6.45) is 3.58. The number of anilines is 1. The molecule has 15 heavy (non-hydrogen) atoms. The van der Waals surface area contributed by atoms with Crippen LogP contribution >= 0.6 is 0 Å². The fourth-order valence-corrected chi connectivity index (χ4v) is 1.31. The summed E-state index contributed by atoms with van der Waals surface area (Å²) in [7, 11) is 3.90. The number of hydrogen-bond donors (Lipinski definition) is 0. The van der Waals surface area contributed by atoms with Crippen LogP contribution in [0.4, 0.5) is 5.82 Å². The summed E-state index contributed by atoms with van der Waals surface area (Å²) in [6, 6.07) is 10.0. The van der Waals surface area contributed by atoms with Gasteiger partial charge in [-0.2, -0.15) is 0 Å². The summed E-state index contributed by atoms with van der Waals surface area (Å²) in [4.78, 5) is 10.6. The van der Waals surface area contributed by atoms with E-state index in [1.165, 1.54) is 0 Å². The monoisotopic (exact) mass is 199 g/mol. The molecule has 0 amide bonds. The zero-order valence-electron chi connectivity index (χ0n) is 8.88. The van der Waals surface area contributed by atoms with Gasteiger partial charge in [-0.1, -0.05) is 30.3 Å². The van der Waals surface area contributed by atoms with E-state index in [2.05, 4.69) is 9.97 Å². The molecular formula is C12H13N3. The number of benzene rings is 1. The van der Waals surface area contributed by atoms with E-state index in [-0.39, 0.29) is 0 Å². The Morgan fingerprint density at radius 3 is 2.20 bits per heavy atom. The fraction of sp³-hybridized carbons (Fsp3) is 0.167. The van der Waals surface area contributed by atoms with Crippen molar-refractivity contribution >= 4 is 5.82 Å². The Kier molecular flexibility index (Phi) is 2.63. The number of aromatic nitrogens is 2. The first-order valence-electron chi connectivity index (χ1n) is 4.82. The predicted molar refractivity (Wildman–Crippen MR) is 61.8 cm³/mol. The second-order valence-corrected chi connectivity index (χ2v) is 3.52. The van der Waals surface area contributed by atoms with Crippen molar-refractivity contribution in [2.75, 3.05) is 19.0 Å². The SMILES string of the molecule is CN(C)c1cnc(-c2ccccc2)cn1. The molecule has 0 N–H and O–H groups in total. The van der Waals surface area contributed by atoms with Gasteiger partial charge in [-0.15, -0.1) is 0 Å². The van der Waals surface area contributed by atoms with Crippen LogP contribution in [0.1, 0.15) is 0 Å². The number of rotatable bonds is 2. The molecule has 0 saturated heterocycles. The highest BCUT2D eigenvalue weighted by atomic mass is 15.1. The lowest BCUT2D eigenvalue weighted by atomic mass is 10.2. The molecule has 0 bridgehead atoms. The maximum atomic E-state index is 4.37. The normalized spacial score (nSPS) is 10.0. The molecule has 0 radical (unpaired) electrons. The quantitative estimate of drug-likeness (QED) is 0.742. The average Bonchev–Trinajstić information content (AvgIpc) is 2.30. The molecule has 0 fully saturated rings. The van der Waals surface area contributed by atoms with Crippen LogP contribution in [0.15, 0.2) is 42.7 Å². The molecule has 76 valence electrons. The van der Waals surface area contributed by atoms with Gasteiger partial charge >= 0.3 is 0 Å². The van der Waals surface area contributed by atoms with Crippen LogP contribution < -0.4 is 4.90 Å². The first-order chi connectivity index (χ1) is 7.27. The second-order valence-electron chi connectivity index (χ2n) is 3.52. The molecular weight excluding hydrogens is 186 g/mol. The van der Waals surface area contributed by atoms with Crippen LogP contribution in [0.2, 0.25) is 0 Å². The van der Waals surface area contributed by atoms with Crippen molar-refractivity contribution in [2.45, 2.75) is 0 Å². The molecule has 0 aliphatic heterocycles. The van der Waals surface area contributed by atoms with Crippen LogP contribution in [0, 0.1) is 0 Å². The van der Waals surface area contributed by atoms with Crippen LogP contribution in [0.3, 0.4) is 0 Å². The molecule has 3 heteroatoms. The molecule has 0 aliphatic rings. The molecule has 2 rings (SSSR count). The molecule has 1 aromatic heterocycles. The lowest BCUT2D eigenvalue weighted by molar-refractivity contribution is 1.04. The van der Waals surface area contributed by atoms with E-state index in [0.29, 0.717) is 0 Å². The number of nitrogens with zero attached hydrogens (tertiary/aromatic N) is 3. The van der Waals surface area contributed by atoms with Gasteiger partial charge in [0, 0.05) is 19.7 Å². The van der Waals surface area contributed by atoms with E-state index in [9.17, 15) is 0 Å². The summed E-state index contributed by atoms with van der Waals surface area (Å²) in [6.45, 7) is 0. The fourth-order valence-electron chi connectivity index (χ4n) is 1.31. The standard InChI is InChI=1S/C12H13N3/c1-15(2)12-9-13-11(8-14-12)10-6-4-3-5-7-10/h3-9H,1-2H3. The van der Waals surface area contributed by atoms with E-state index < -0.39 is 0 Å². The Bertz CT molecular complexity index is 420. The highest BCUT2D eigenvalue weighted by molar-refractivity contribution is 5.58. The molecule has 0 aliphatic carbocycles. The van der Waals surface area contributed by atoms with Crippen molar-refractivity contribution in [3.8, 4) is 11.3 Å². The van der Waals surface area contributed by atoms with Crippen LogP contribution in [0.25, 0.3) is 11.3 Å². The zero-order valence-corrected chi connectivity index (χ0v) is 8.88. The summed E-state index contributed by atoms with van der Waals surface area (Å²) in [5.41, 5.74) is 2.00. The van der Waals surface area contributed by atoms with Crippen molar-refractivity contribution in [3.63, 3.8) is 0 Å². The molecule has 3 nitrogen and oxygen atoms in total. The summed E-state index contributed by atoms with van der Waals surface area (Å²) in [5.74, 6) is 0.870. The van der Waals surface area contributed by atoms with Gasteiger partial charge in [0.2, 0.25) is 0 Å². The van der Waals surface area contributed by atoms with Gasteiger partial charge in [0.15, 0.2) is 0 Å². The van der Waals surface area contributed by atoms with E-state index in [1.54, 1.807) is 12.4 Å². The third-order valence-electron chi connectivity index (χ3n) is 2.17. The third-order valence-corrected chi connectivity index (χ3v) is 2.17. The van der Waals surface area contributed by atoms with E-state index in [1.807, 2.05) is 49.3 Å². The maximum absolute atomic E-state index is 4.37. The van der Waals surface area contributed by atoms with Crippen molar-refractivity contribution in [1.29, 1.82) is 0 Å². The average molecular weight is 199 g/mol. The predicted octanol–water partition coefficient (Wildman–Crippen LogP) is 2.21. The summed E-state index contributed by atoms with van der Waals surface area (Å²) >= 11 is 0. The lowest BCUT2D eigenvalue weighted by Gasteiger charge is -2.10.